The zero-order chi connectivity index (χ0) is 20.1. The van der Waals surface area contributed by atoms with Gasteiger partial charge in [-0.15, -0.1) is 0 Å². The van der Waals surface area contributed by atoms with E-state index in [1.807, 2.05) is 31.2 Å². The van der Waals surface area contributed by atoms with Gasteiger partial charge in [0, 0.05) is 23.2 Å². The van der Waals surface area contributed by atoms with E-state index in [9.17, 15) is 9.59 Å². The van der Waals surface area contributed by atoms with Gasteiger partial charge in [0.25, 0.3) is 5.91 Å². The summed E-state index contributed by atoms with van der Waals surface area (Å²) < 4.78 is 10.7. The van der Waals surface area contributed by atoms with Crippen LogP contribution in [0.2, 0.25) is 0 Å². The molecule has 2 aromatic rings. The van der Waals surface area contributed by atoms with E-state index in [1.54, 1.807) is 6.92 Å². The van der Waals surface area contributed by atoms with E-state index >= 15 is 0 Å². The Morgan fingerprint density at radius 1 is 1.18 bits per heavy atom. The van der Waals surface area contributed by atoms with Gasteiger partial charge in [-0.3, -0.25) is 4.79 Å². The van der Waals surface area contributed by atoms with Crippen molar-refractivity contribution >= 4 is 23.4 Å². The van der Waals surface area contributed by atoms with Crippen molar-refractivity contribution in [2.45, 2.75) is 46.5 Å². The van der Waals surface area contributed by atoms with Crippen LogP contribution in [0, 0.1) is 6.92 Å². The molecule has 1 aromatic carbocycles. The summed E-state index contributed by atoms with van der Waals surface area (Å²) in [6.45, 7) is 5.92. The molecule has 2 amide bonds. The molecule has 0 saturated carbocycles. The molecule has 0 unspecified atom stereocenters. The van der Waals surface area contributed by atoms with Gasteiger partial charge in [0.1, 0.15) is 5.76 Å². The minimum Gasteiger partial charge on any atom is -0.455 e. The van der Waals surface area contributed by atoms with Crippen LogP contribution >= 0.6 is 0 Å². The van der Waals surface area contributed by atoms with Gasteiger partial charge in [-0.1, -0.05) is 19.1 Å². The Balaban J connectivity index is 1.81. The third kappa shape index (κ3) is 4.24. The fourth-order valence-corrected chi connectivity index (χ4v) is 3.28. The number of nitrogens with one attached hydrogen (secondary N) is 2. The minimum absolute atomic E-state index is 0.273. The summed E-state index contributed by atoms with van der Waals surface area (Å²) >= 11 is 0. The second-order valence-corrected chi connectivity index (χ2v) is 6.60. The number of aryl methyl sites for hydroxylation is 2. The Bertz CT molecular complexity index is 897. The lowest BCUT2D eigenvalue weighted by molar-refractivity contribution is 0.0994. The van der Waals surface area contributed by atoms with Gasteiger partial charge in [-0.2, -0.15) is 5.10 Å². The molecule has 28 heavy (non-hydrogen) atoms. The van der Waals surface area contributed by atoms with E-state index in [4.69, 9.17) is 9.15 Å². The molecule has 1 aliphatic carbocycles. The molecule has 3 rings (SSSR count). The number of fused-ring (bicyclic) bond motifs is 1. The van der Waals surface area contributed by atoms with Crippen LogP contribution in [0.15, 0.2) is 33.8 Å². The number of anilines is 1. The van der Waals surface area contributed by atoms with Gasteiger partial charge >= 0.3 is 6.09 Å². The first kappa shape index (κ1) is 19.7. The van der Waals surface area contributed by atoms with Gasteiger partial charge in [0.2, 0.25) is 0 Å². The number of nitrogens with zero attached hydrogens (tertiary/aromatic N) is 1. The Kier molecular flexibility index (Phi) is 6.13. The summed E-state index contributed by atoms with van der Waals surface area (Å²) in [6, 6.07) is 7.74. The molecule has 7 heteroatoms. The van der Waals surface area contributed by atoms with Crippen molar-refractivity contribution in [3.63, 3.8) is 0 Å². The molecule has 1 heterocycles. The van der Waals surface area contributed by atoms with Crippen molar-refractivity contribution in [2.24, 2.45) is 5.10 Å². The Hall–Kier alpha value is -3.09. The summed E-state index contributed by atoms with van der Waals surface area (Å²) in [5.74, 6) is 0.698. The number of benzene rings is 1. The smallest absolute Gasteiger partial charge is 0.427 e. The van der Waals surface area contributed by atoms with Crippen LogP contribution < -0.4 is 10.7 Å². The molecule has 2 N–H and O–H groups in total. The predicted octanol–water partition coefficient (Wildman–Crippen LogP) is 4.19. The first-order valence-corrected chi connectivity index (χ1v) is 9.55. The molecule has 0 saturated heterocycles. The SMILES string of the molecule is CCOC(=O)N/N=C1\CCCc2oc(C(=O)Nc3ccc(CC)cc3)c(C)c21. The number of furan rings is 1. The summed E-state index contributed by atoms with van der Waals surface area (Å²) in [5, 5.41) is 7.06. The molecule has 0 bridgehead atoms. The average molecular weight is 383 g/mol. The molecule has 0 fully saturated rings. The molecule has 0 atom stereocenters. The quantitative estimate of drug-likeness (QED) is 0.757. The molecule has 0 aliphatic heterocycles. The number of carbonyl (C=O) groups is 2. The normalized spacial score (nSPS) is 14.5. The third-order valence-electron chi connectivity index (χ3n) is 4.71. The lowest BCUT2D eigenvalue weighted by atomic mass is 9.93. The van der Waals surface area contributed by atoms with Crippen molar-refractivity contribution in [1.82, 2.24) is 5.43 Å². The fourth-order valence-electron chi connectivity index (χ4n) is 3.28. The molecule has 1 aliphatic rings. The van der Waals surface area contributed by atoms with Crippen LogP contribution in [0.4, 0.5) is 10.5 Å². The number of ether oxygens (including phenoxy) is 1. The van der Waals surface area contributed by atoms with Crippen LogP contribution in [0.5, 0.6) is 0 Å². The zero-order valence-corrected chi connectivity index (χ0v) is 16.4. The lowest BCUT2D eigenvalue weighted by Gasteiger charge is -2.13. The molecular weight excluding hydrogens is 358 g/mol. The Morgan fingerprint density at radius 2 is 1.93 bits per heavy atom. The highest BCUT2D eigenvalue weighted by Crippen LogP contribution is 2.30. The van der Waals surface area contributed by atoms with Gasteiger partial charge in [-0.05, 0) is 50.8 Å². The standard InChI is InChI=1S/C21H25N3O4/c1-4-14-9-11-15(12-10-14)22-20(25)19-13(3)18-16(7-6-8-17(18)28-19)23-24-21(26)27-5-2/h9-12H,4-8H2,1-3H3,(H,22,25)(H,24,26)/b23-16+. The number of hydrogen-bond donors (Lipinski definition) is 2. The number of hydrogen-bond acceptors (Lipinski definition) is 5. The largest absolute Gasteiger partial charge is 0.455 e. The van der Waals surface area contributed by atoms with E-state index in [0.717, 1.165) is 36.1 Å². The Morgan fingerprint density at radius 3 is 2.61 bits per heavy atom. The number of rotatable bonds is 5. The van der Waals surface area contributed by atoms with Crippen LogP contribution in [0.25, 0.3) is 0 Å². The highest BCUT2D eigenvalue weighted by Gasteiger charge is 2.28. The molecule has 148 valence electrons. The number of hydrazone groups is 1. The summed E-state index contributed by atoms with van der Waals surface area (Å²) in [4.78, 5) is 24.2. The van der Waals surface area contributed by atoms with Gasteiger partial charge in [0.05, 0.1) is 12.3 Å². The first-order valence-electron chi connectivity index (χ1n) is 9.55. The van der Waals surface area contributed by atoms with Crippen LogP contribution in [0.3, 0.4) is 0 Å². The number of amides is 2. The first-order chi connectivity index (χ1) is 13.5. The summed E-state index contributed by atoms with van der Waals surface area (Å²) in [5.41, 5.74) is 6.54. The summed E-state index contributed by atoms with van der Waals surface area (Å²) in [6.07, 6.45) is 2.60. The zero-order valence-electron chi connectivity index (χ0n) is 16.4. The van der Waals surface area contributed by atoms with Crippen molar-refractivity contribution in [2.75, 3.05) is 11.9 Å². The average Bonchev–Trinajstić information content (AvgIpc) is 3.04. The fraction of sp³-hybridized carbons (Fsp3) is 0.381. The third-order valence-corrected chi connectivity index (χ3v) is 4.71. The topological polar surface area (TPSA) is 92.9 Å². The maximum absolute atomic E-state index is 12.7. The van der Waals surface area contributed by atoms with E-state index in [0.29, 0.717) is 17.8 Å². The van der Waals surface area contributed by atoms with Crippen molar-refractivity contribution in [1.29, 1.82) is 0 Å². The highest BCUT2D eigenvalue weighted by atomic mass is 16.5. The molecular formula is C21H25N3O4. The maximum Gasteiger partial charge on any atom is 0.427 e. The van der Waals surface area contributed by atoms with Crippen molar-refractivity contribution < 1.29 is 18.7 Å². The van der Waals surface area contributed by atoms with Crippen LogP contribution in [-0.4, -0.2) is 24.3 Å². The van der Waals surface area contributed by atoms with E-state index in [-0.39, 0.29) is 18.3 Å². The van der Waals surface area contributed by atoms with Crippen molar-refractivity contribution in [3.8, 4) is 0 Å². The van der Waals surface area contributed by atoms with Crippen LogP contribution in [-0.2, 0) is 17.6 Å². The van der Waals surface area contributed by atoms with Gasteiger partial charge in [-0.25, -0.2) is 10.2 Å². The highest BCUT2D eigenvalue weighted by molar-refractivity contribution is 6.09. The van der Waals surface area contributed by atoms with E-state index in [1.165, 1.54) is 5.56 Å². The van der Waals surface area contributed by atoms with Crippen molar-refractivity contribution in [3.05, 3.63) is 52.5 Å². The van der Waals surface area contributed by atoms with Gasteiger partial charge in [0.15, 0.2) is 5.76 Å². The number of carbonyl (C=O) groups excluding carboxylic acids is 2. The molecule has 0 radical (unpaired) electrons. The lowest BCUT2D eigenvalue weighted by Crippen LogP contribution is -2.22. The van der Waals surface area contributed by atoms with E-state index in [2.05, 4.69) is 22.8 Å². The maximum atomic E-state index is 12.7. The Labute approximate surface area is 164 Å². The second kappa shape index (κ2) is 8.73. The van der Waals surface area contributed by atoms with Crippen LogP contribution in [0.1, 0.15) is 59.7 Å². The molecule has 7 nitrogen and oxygen atoms in total. The minimum atomic E-state index is -0.600. The molecule has 0 spiro atoms. The monoisotopic (exact) mass is 383 g/mol. The summed E-state index contributed by atoms with van der Waals surface area (Å²) in [7, 11) is 0. The molecule has 1 aromatic heterocycles. The second-order valence-electron chi connectivity index (χ2n) is 6.60. The van der Waals surface area contributed by atoms with E-state index < -0.39 is 6.09 Å². The van der Waals surface area contributed by atoms with Gasteiger partial charge < -0.3 is 14.5 Å². The predicted molar refractivity (Wildman–Crippen MR) is 107 cm³/mol.